The van der Waals surface area contributed by atoms with E-state index in [0.29, 0.717) is 43.2 Å². The van der Waals surface area contributed by atoms with Gasteiger partial charge in [-0.25, -0.2) is 0 Å². The fourth-order valence-corrected chi connectivity index (χ4v) is 14.1. The number of carbonyl (C=O) groups excluding carboxylic acids is 2. The minimum atomic E-state index is -2.41. The summed E-state index contributed by atoms with van der Waals surface area (Å²) >= 11 is 0. The molecule has 3 aliphatic heterocycles. The second-order valence-corrected chi connectivity index (χ2v) is 21.7. The predicted molar refractivity (Wildman–Crippen MR) is 234 cm³/mol. The van der Waals surface area contributed by atoms with E-state index in [1.165, 1.54) is 5.19 Å². The monoisotopic (exact) mass is 828 g/mol. The highest BCUT2D eigenvalue weighted by molar-refractivity contribution is 6.91. The van der Waals surface area contributed by atoms with Crippen LogP contribution in [0.1, 0.15) is 54.5 Å². The molecule has 3 aliphatic rings. The molecule has 3 N–H and O–H groups in total. The highest BCUT2D eigenvalue weighted by Crippen LogP contribution is 2.60. The Morgan fingerprint density at radius 3 is 2.50 bits per heavy atom. The molecular weight excluding hydrogens is 773 g/mol. The van der Waals surface area contributed by atoms with Gasteiger partial charge in [0.1, 0.15) is 11.5 Å². The molecule has 2 fully saturated rings. The summed E-state index contributed by atoms with van der Waals surface area (Å²) in [4.78, 5) is 30.5. The average molecular weight is 829 g/mol. The Labute approximate surface area is 353 Å². The maximum absolute atomic E-state index is 15.5. The van der Waals surface area contributed by atoms with E-state index < -0.39 is 13.7 Å². The third kappa shape index (κ3) is 7.75. The number of fused-ring (bicyclic) bond motifs is 2. The molecule has 1 aromatic heterocycles. The number of hydrogen-bond donors (Lipinski definition) is 3. The zero-order valence-electron chi connectivity index (χ0n) is 35.1. The molecule has 13 heteroatoms. The van der Waals surface area contributed by atoms with Crippen molar-refractivity contribution in [2.24, 2.45) is 11.8 Å². The first kappa shape index (κ1) is 41.4. The molecule has 8 rings (SSSR count). The van der Waals surface area contributed by atoms with Gasteiger partial charge in [0, 0.05) is 36.5 Å². The van der Waals surface area contributed by atoms with Gasteiger partial charge in [0.25, 0.3) is 5.91 Å². The van der Waals surface area contributed by atoms with Crippen LogP contribution in [0.2, 0.25) is 18.6 Å². The number of anilines is 2. The number of ether oxygens (including phenoxy) is 3. The number of carbonyl (C=O) groups is 2. The van der Waals surface area contributed by atoms with Crippen LogP contribution in [0, 0.1) is 11.8 Å². The number of aliphatic hydroxyl groups is 1. The van der Waals surface area contributed by atoms with Crippen LogP contribution in [0.5, 0.6) is 11.5 Å². The number of hydrogen-bond acceptors (Lipinski definition) is 9. The SMILES string of the molecule is COc1ccc([Si](C)(C)[C@@H]2[C@@H](CCn3cc(C(CO)c4ccccc4)nn3)O[C@]3(C(=O)N(Cc4cccc(NC(=O)C5CCCNC5)c4)c4ccc(OC)cc43)[C@H]2C)cc1. The van der Waals surface area contributed by atoms with Crippen LogP contribution < -0.4 is 30.2 Å². The maximum Gasteiger partial charge on any atom is 0.264 e. The van der Waals surface area contributed by atoms with Gasteiger partial charge >= 0.3 is 0 Å². The van der Waals surface area contributed by atoms with E-state index in [1.807, 2.05) is 101 Å². The maximum atomic E-state index is 15.5. The number of amides is 2. The molecule has 4 heterocycles. The van der Waals surface area contributed by atoms with Crippen LogP contribution >= 0.6 is 0 Å². The lowest BCUT2D eigenvalue weighted by molar-refractivity contribution is -0.146. The van der Waals surface area contributed by atoms with E-state index in [9.17, 15) is 9.90 Å². The number of methoxy groups -OCH3 is 2. The van der Waals surface area contributed by atoms with Crippen molar-refractivity contribution in [1.29, 1.82) is 0 Å². The van der Waals surface area contributed by atoms with Crippen LogP contribution in [-0.2, 0) is 33.0 Å². The summed E-state index contributed by atoms with van der Waals surface area (Å²) in [6, 6.07) is 31.8. The Hall–Kier alpha value is -5.34. The van der Waals surface area contributed by atoms with E-state index in [-0.39, 0.29) is 47.8 Å². The van der Waals surface area contributed by atoms with E-state index in [0.717, 1.165) is 47.5 Å². The van der Waals surface area contributed by atoms with Gasteiger partial charge in [-0.15, -0.1) is 5.10 Å². The summed E-state index contributed by atoms with van der Waals surface area (Å²) in [6.07, 6.45) is 4.03. The van der Waals surface area contributed by atoms with Crippen LogP contribution in [0.15, 0.2) is 103 Å². The third-order valence-corrected chi connectivity index (χ3v) is 17.5. The van der Waals surface area contributed by atoms with Crippen molar-refractivity contribution in [3.05, 3.63) is 126 Å². The van der Waals surface area contributed by atoms with Crippen LogP contribution in [0.4, 0.5) is 11.4 Å². The van der Waals surface area contributed by atoms with Gasteiger partial charge in [-0.2, -0.15) is 0 Å². The van der Waals surface area contributed by atoms with Crippen LogP contribution in [0.25, 0.3) is 0 Å². The fraction of sp³-hybridized carbons (Fsp3) is 0.404. The molecule has 314 valence electrons. The highest BCUT2D eigenvalue weighted by Gasteiger charge is 2.66. The van der Waals surface area contributed by atoms with Gasteiger partial charge in [0.15, 0.2) is 5.60 Å². The number of nitrogens with one attached hydrogen (secondary N) is 2. The topological polar surface area (TPSA) is 140 Å². The summed E-state index contributed by atoms with van der Waals surface area (Å²) in [5.41, 5.74) is 3.60. The lowest BCUT2D eigenvalue weighted by Gasteiger charge is -2.37. The smallest absolute Gasteiger partial charge is 0.264 e. The van der Waals surface area contributed by atoms with Crippen molar-refractivity contribution < 1.29 is 28.9 Å². The van der Waals surface area contributed by atoms with E-state index >= 15 is 4.79 Å². The number of aryl methyl sites for hydroxylation is 1. The minimum Gasteiger partial charge on any atom is -0.497 e. The molecule has 4 aromatic carbocycles. The molecule has 2 saturated heterocycles. The quantitative estimate of drug-likeness (QED) is 0.112. The van der Waals surface area contributed by atoms with E-state index in [1.54, 1.807) is 14.2 Å². The van der Waals surface area contributed by atoms with Crippen molar-refractivity contribution in [3.63, 3.8) is 0 Å². The van der Waals surface area contributed by atoms with Crippen LogP contribution in [-0.4, -0.2) is 80.0 Å². The minimum absolute atomic E-state index is 0.00780. The summed E-state index contributed by atoms with van der Waals surface area (Å²) in [7, 11) is 0.900. The number of piperidine rings is 1. The fourth-order valence-electron chi connectivity index (χ4n) is 9.99. The summed E-state index contributed by atoms with van der Waals surface area (Å²) in [5, 5.41) is 27.0. The number of aliphatic hydroxyl groups excluding tert-OH is 1. The highest BCUT2D eigenvalue weighted by atomic mass is 28.3. The molecule has 0 aliphatic carbocycles. The Balaban J connectivity index is 1.12. The molecule has 60 heavy (non-hydrogen) atoms. The molecule has 12 nitrogen and oxygen atoms in total. The lowest BCUT2D eigenvalue weighted by Crippen LogP contribution is -2.51. The Morgan fingerprint density at radius 2 is 1.78 bits per heavy atom. The molecule has 2 unspecified atom stereocenters. The molecule has 0 bridgehead atoms. The zero-order chi connectivity index (χ0) is 42.0. The van der Waals surface area contributed by atoms with E-state index in [2.05, 4.69) is 53.1 Å². The van der Waals surface area contributed by atoms with Gasteiger partial charge in [-0.05, 0) is 84.9 Å². The van der Waals surface area contributed by atoms with Crippen molar-refractivity contribution in [2.75, 3.05) is 44.1 Å². The Bertz CT molecular complexity index is 2300. The largest absolute Gasteiger partial charge is 0.497 e. The van der Waals surface area contributed by atoms with E-state index in [4.69, 9.17) is 14.2 Å². The average Bonchev–Trinajstić information content (AvgIpc) is 3.93. The van der Waals surface area contributed by atoms with Crippen LogP contribution in [0.3, 0.4) is 0 Å². The van der Waals surface area contributed by atoms with Gasteiger partial charge in [-0.1, -0.05) is 85.0 Å². The number of aromatic nitrogens is 3. The molecule has 1 spiro atoms. The van der Waals surface area contributed by atoms with Gasteiger partial charge in [0.05, 0.1) is 64.8 Å². The van der Waals surface area contributed by atoms with Gasteiger partial charge < -0.3 is 34.9 Å². The Morgan fingerprint density at radius 1 is 1.02 bits per heavy atom. The van der Waals surface area contributed by atoms with Crippen molar-refractivity contribution in [1.82, 2.24) is 20.3 Å². The first-order chi connectivity index (χ1) is 29.1. The summed E-state index contributed by atoms with van der Waals surface area (Å²) in [5.74, 6) is 0.767. The zero-order valence-corrected chi connectivity index (χ0v) is 36.1. The van der Waals surface area contributed by atoms with Crippen molar-refractivity contribution >= 4 is 36.4 Å². The molecular formula is C47H56N6O6Si. The lowest BCUT2D eigenvalue weighted by atomic mass is 9.82. The molecule has 6 atom stereocenters. The first-order valence-corrected chi connectivity index (χ1v) is 24.1. The summed E-state index contributed by atoms with van der Waals surface area (Å²) < 4.78 is 20.5. The number of rotatable bonds is 14. The number of benzene rings is 4. The van der Waals surface area contributed by atoms with Gasteiger partial charge in [0.2, 0.25) is 5.91 Å². The summed E-state index contributed by atoms with van der Waals surface area (Å²) in [6.45, 7) is 9.26. The molecule has 2 amide bonds. The molecule has 5 aromatic rings. The number of nitrogens with zero attached hydrogens (tertiary/aromatic N) is 4. The van der Waals surface area contributed by atoms with Crippen molar-refractivity contribution in [2.45, 2.75) is 75.5 Å². The third-order valence-electron chi connectivity index (χ3n) is 13.2. The van der Waals surface area contributed by atoms with Gasteiger partial charge in [-0.3, -0.25) is 14.3 Å². The standard InChI is InChI=1S/C47H56N6O6Si/c1-31-44(60(4,5)38-19-16-36(57-2)17-20-38)43(22-24-52-29-41(50-51-52)39(30-54)33-12-7-6-8-13-33)59-47(31)40-26-37(58-3)18-21-42(40)53(46(47)56)28-32-11-9-15-35(25-32)49-45(55)34-14-10-23-48-27-34/h6-9,11-13,15-21,25-26,29,31,34,39,43-44,48,54H,10,14,22-24,27-28,30H2,1-5H3,(H,49,55)/t31-,34?,39?,43+,44-,47+/m0/s1. The molecule has 0 saturated carbocycles. The molecule has 0 radical (unpaired) electrons. The predicted octanol–water partition coefficient (Wildman–Crippen LogP) is 6.21. The second kappa shape index (κ2) is 17.3. The van der Waals surface area contributed by atoms with Crippen molar-refractivity contribution in [3.8, 4) is 11.5 Å². The first-order valence-electron chi connectivity index (χ1n) is 21.1. The second-order valence-electron chi connectivity index (χ2n) is 17.0. The normalized spacial score (nSPS) is 23.1. The Kier molecular flexibility index (Phi) is 12.0.